The molecule has 0 fully saturated rings. The maximum Gasteiger partial charge on any atom is 0.389 e. The van der Waals surface area contributed by atoms with Crippen molar-refractivity contribution in [2.45, 2.75) is 0 Å². The molecule has 0 aromatic carbocycles. The molecular formula is C6H2BrN7O6. The minimum atomic E-state index is -1.01. The lowest BCUT2D eigenvalue weighted by Gasteiger charge is -1.92. The summed E-state index contributed by atoms with van der Waals surface area (Å²) in [4.78, 5) is 39.6. The standard InChI is InChI=1S/C6H2BrN7O6/c7-6-9-3(5(10-6)13(17)18)4-8-2(12(15)16)1-11(4)14(19)20/h1H,(H,9,10). The van der Waals surface area contributed by atoms with Gasteiger partial charge in [-0.25, -0.2) is 15.1 Å². The summed E-state index contributed by atoms with van der Waals surface area (Å²) in [6, 6.07) is 0. The predicted octanol–water partition coefficient (Wildman–Crippen LogP) is 0.892. The lowest BCUT2D eigenvalue weighted by Crippen LogP contribution is -2.09. The summed E-state index contributed by atoms with van der Waals surface area (Å²) in [5.74, 6) is -2.14. The Balaban J connectivity index is 2.71. The Labute approximate surface area is 115 Å². The van der Waals surface area contributed by atoms with Crippen molar-refractivity contribution < 1.29 is 14.9 Å². The monoisotopic (exact) mass is 347 g/mol. The first-order valence-corrected chi connectivity index (χ1v) is 5.39. The SMILES string of the molecule is O=[N+]([O-])c1cn([N+](=O)[O-])c(-c2nc(Br)[nH]c2[N+](=O)[O-])n1. The van der Waals surface area contributed by atoms with E-state index < -0.39 is 38.0 Å². The molecule has 0 aliphatic rings. The number of imidazole rings is 2. The van der Waals surface area contributed by atoms with Crippen molar-refractivity contribution in [2.24, 2.45) is 0 Å². The molecular weight excluding hydrogens is 346 g/mol. The smallest absolute Gasteiger partial charge is 0.358 e. The van der Waals surface area contributed by atoms with E-state index in [0.717, 1.165) is 0 Å². The maximum atomic E-state index is 10.8. The Hall–Kier alpha value is -2.90. The van der Waals surface area contributed by atoms with Crippen LogP contribution in [-0.2, 0) is 0 Å². The largest absolute Gasteiger partial charge is 0.389 e. The van der Waals surface area contributed by atoms with Gasteiger partial charge in [0.2, 0.25) is 5.69 Å². The van der Waals surface area contributed by atoms with Gasteiger partial charge in [-0.3, -0.25) is 0 Å². The van der Waals surface area contributed by atoms with E-state index in [2.05, 4.69) is 30.9 Å². The van der Waals surface area contributed by atoms with Gasteiger partial charge in [0.25, 0.3) is 4.73 Å². The second-order valence-corrected chi connectivity index (χ2v) is 4.00. The van der Waals surface area contributed by atoms with Gasteiger partial charge in [0.05, 0.1) is 0 Å². The number of hydrogen-bond acceptors (Lipinski definition) is 8. The molecule has 0 radical (unpaired) electrons. The number of aromatic nitrogens is 4. The van der Waals surface area contributed by atoms with Crippen molar-refractivity contribution >= 4 is 27.6 Å². The third-order valence-corrected chi connectivity index (χ3v) is 2.46. The van der Waals surface area contributed by atoms with Crippen LogP contribution in [0.2, 0.25) is 0 Å². The molecule has 13 nitrogen and oxygen atoms in total. The zero-order chi connectivity index (χ0) is 15.0. The van der Waals surface area contributed by atoms with Gasteiger partial charge in [0.15, 0.2) is 11.2 Å². The highest BCUT2D eigenvalue weighted by molar-refractivity contribution is 9.10. The summed E-state index contributed by atoms with van der Waals surface area (Å²) in [7, 11) is 0. The molecule has 20 heavy (non-hydrogen) atoms. The molecule has 0 unspecified atom stereocenters. The number of nitrogens with one attached hydrogen (secondary N) is 1. The van der Waals surface area contributed by atoms with Gasteiger partial charge in [0.1, 0.15) is 0 Å². The summed E-state index contributed by atoms with van der Waals surface area (Å²) in [5.41, 5.74) is -0.494. The molecule has 14 heteroatoms. The van der Waals surface area contributed by atoms with Crippen molar-refractivity contribution in [3.05, 3.63) is 41.3 Å². The van der Waals surface area contributed by atoms with E-state index >= 15 is 0 Å². The quantitative estimate of drug-likeness (QED) is 0.625. The number of halogens is 1. The van der Waals surface area contributed by atoms with Crippen molar-refractivity contribution in [1.82, 2.24) is 19.6 Å². The van der Waals surface area contributed by atoms with Gasteiger partial charge in [-0.15, -0.1) is 0 Å². The number of nitrogens with zero attached hydrogens (tertiary/aromatic N) is 6. The topological polar surface area (TPSA) is 176 Å². The van der Waals surface area contributed by atoms with E-state index in [4.69, 9.17) is 0 Å². The zero-order valence-corrected chi connectivity index (χ0v) is 10.7. The van der Waals surface area contributed by atoms with E-state index in [1.165, 1.54) is 0 Å². The molecule has 2 rings (SSSR count). The first-order valence-electron chi connectivity index (χ1n) is 4.60. The third kappa shape index (κ3) is 2.18. The van der Waals surface area contributed by atoms with E-state index in [0.29, 0.717) is 6.20 Å². The Morgan fingerprint density at radius 3 is 2.30 bits per heavy atom. The van der Waals surface area contributed by atoms with Crippen LogP contribution in [0.25, 0.3) is 11.5 Å². The second kappa shape index (κ2) is 4.65. The number of rotatable bonds is 4. The Morgan fingerprint density at radius 1 is 1.15 bits per heavy atom. The molecule has 0 aliphatic carbocycles. The van der Waals surface area contributed by atoms with Gasteiger partial charge < -0.3 is 20.2 Å². The molecule has 2 aromatic rings. The van der Waals surface area contributed by atoms with E-state index in [9.17, 15) is 30.3 Å². The average molecular weight is 348 g/mol. The van der Waals surface area contributed by atoms with Crippen LogP contribution in [0.15, 0.2) is 10.9 Å². The highest BCUT2D eigenvalue weighted by Gasteiger charge is 2.34. The number of H-pyrrole nitrogens is 1. The number of nitro groups is 3. The van der Waals surface area contributed by atoms with Crippen LogP contribution < -0.4 is 0 Å². The van der Waals surface area contributed by atoms with Crippen LogP contribution in [0.1, 0.15) is 0 Å². The summed E-state index contributed by atoms with van der Waals surface area (Å²) in [5, 5.41) is 31.2. The van der Waals surface area contributed by atoms with Crippen molar-refractivity contribution in [2.75, 3.05) is 0 Å². The summed E-state index contributed by atoms with van der Waals surface area (Å²) in [6.45, 7) is 0. The lowest BCUT2D eigenvalue weighted by molar-refractivity contribution is -0.541. The number of aromatic amines is 1. The minimum Gasteiger partial charge on any atom is -0.358 e. The first-order chi connectivity index (χ1) is 9.31. The van der Waals surface area contributed by atoms with E-state index in [-0.39, 0.29) is 9.41 Å². The van der Waals surface area contributed by atoms with Crippen LogP contribution in [0.5, 0.6) is 0 Å². The summed E-state index contributed by atoms with van der Waals surface area (Å²) >= 11 is 2.83. The summed E-state index contributed by atoms with van der Waals surface area (Å²) < 4.78 is 0.119. The fourth-order valence-corrected chi connectivity index (χ4v) is 1.72. The van der Waals surface area contributed by atoms with E-state index in [1.807, 2.05) is 0 Å². The van der Waals surface area contributed by atoms with Crippen LogP contribution in [-0.4, -0.2) is 34.5 Å². The second-order valence-electron chi connectivity index (χ2n) is 3.24. The molecule has 2 heterocycles. The Bertz CT molecular complexity index is 734. The fourth-order valence-electron chi connectivity index (χ4n) is 1.36. The van der Waals surface area contributed by atoms with Gasteiger partial charge in [-0.05, 0) is 19.5 Å². The highest BCUT2D eigenvalue weighted by Crippen LogP contribution is 2.29. The normalized spacial score (nSPS) is 10.4. The minimum absolute atomic E-state index is 0.0697. The van der Waals surface area contributed by atoms with Crippen molar-refractivity contribution in [3.8, 4) is 11.5 Å². The van der Waals surface area contributed by atoms with E-state index in [1.54, 1.807) is 0 Å². The van der Waals surface area contributed by atoms with Crippen molar-refractivity contribution in [1.29, 1.82) is 0 Å². The molecule has 0 saturated carbocycles. The van der Waals surface area contributed by atoms with Crippen molar-refractivity contribution in [3.63, 3.8) is 0 Å². The Kier molecular flexibility index (Phi) is 3.15. The maximum absolute atomic E-state index is 10.8. The lowest BCUT2D eigenvalue weighted by atomic mass is 10.4. The Morgan fingerprint density at radius 2 is 1.80 bits per heavy atom. The summed E-state index contributed by atoms with van der Waals surface area (Å²) in [6.07, 6.45) is 0.529. The molecule has 2 aromatic heterocycles. The first kappa shape index (κ1) is 13.5. The van der Waals surface area contributed by atoms with Gasteiger partial charge in [-0.2, -0.15) is 4.98 Å². The molecule has 0 atom stereocenters. The molecule has 0 amide bonds. The van der Waals surface area contributed by atoms with Crippen LogP contribution in [0, 0.1) is 30.3 Å². The molecule has 1 N–H and O–H groups in total. The van der Waals surface area contributed by atoms with Gasteiger partial charge in [0, 0.05) is 15.9 Å². The molecule has 0 aliphatic heterocycles. The van der Waals surface area contributed by atoms with Gasteiger partial charge in [-0.1, -0.05) is 0 Å². The molecule has 0 saturated heterocycles. The van der Waals surface area contributed by atoms with Crippen LogP contribution in [0.4, 0.5) is 11.6 Å². The molecule has 104 valence electrons. The predicted molar refractivity (Wildman–Crippen MR) is 63.2 cm³/mol. The highest BCUT2D eigenvalue weighted by atomic mass is 79.9. The number of hydrogen-bond donors (Lipinski definition) is 1. The van der Waals surface area contributed by atoms with Crippen LogP contribution in [0.3, 0.4) is 0 Å². The molecule has 0 bridgehead atoms. The van der Waals surface area contributed by atoms with Gasteiger partial charge >= 0.3 is 17.5 Å². The fraction of sp³-hybridized carbons (Fsp3) is 0. The van der Waals surface area contributed by atoms with Crippen LogP contribution >= 0.6 is 15.9 Å². The average Bonchev–Trinajstić information content (AvgIpc) is 2.91. The molecule has 0 spiro atoms. The zero-order valence-electron chi connectivity index (χ0n) is 9.09. The third-order valence-electron chi connectivity index (χ3n) is 2.09.